The highest BCUT2D eigenvalue weighted by molar-refractivity contribution is 9.10. The fourth-order valence-corrected chi connectivity index (χ4v) is 1.58. The number of nitrogens with zero attached hydrogens (tertiary/aromatic N) is 1. The molecule has 0 aliphatic heterocycles. The van der Waals surface area contributed by atoms with E-state index in [0.29, 0.717) is 18.3 Å². The van der Waals surface area contributed by atoms with Gasteiger partial charge in [-0.1, -0.05) is 0 Å². The van der Waals surface area contributed by atoms with Crippen LogP contribution in [0.1, 0.15) is 23.3 Å². The van der Waals surface area contributed by atoms with Crippen LogP contribution in [0.3, 0.4) is 0 Å². The molecule has 1 aliphatic carbocycles. The third-order valence-corrected chi connectivity index (χ3v) is 2.85. The maximum absolute atomic E-state index is 11.6. The molecule has 86 valence electrons. The molecule has 0 atom stereocenters. The van der Waals surface area contributed by atoms with Gasteiger partial charge in [0.2, 0.25) is 0 Å². The first-order valence-electron chi connectivity index (χ1n) is 5.39. The molecule has 1 aromatic heterocycles. The van der Waals surface area contributed by atoms with Gasteiger partial charge in [0.05, 0.1) is 0 Å². The van der Waals surface area contributed by atoms with Gasteiger partial charge in [-0.05, 0) is 40.9 Å². The quantitative estimate of drug-likeness (QED) is 0.802. The largest absolute Gasteiger partial charge is 0.349 e. The molecule has 1 saturated carbocycles. The summed E-state index contributed by atoms with van der Waals surface area (Å²) in [4.78, 5) is 15.6. The number of pyridine rings is 1. The van der Waals surface area contributed by atoms with Crippen LogP contribution in [0.15, 0.2) is 22.8 Å². The molecule has 1 fully saturated rings. The molecule has 0 aromatic carbocycles. The second-order valence-electron chi connectivity index (χ2n) is 3.85. The van der Waals surface area contributed by atoms with Crippen molar-refractivity contribution in [3.8, 4) is 0 Å². The molecular weight excluding hydrogens is 270 g/mol. The molecule has 1 heterocycles. The van der Waals surface area contributed by atoms with E-state index in [1.807, 2.05) is 6.07 Å². The Morgan fingerprint density at radius 2 is 2.25 bits per heavy atom. The average Bonchev–Trinajstić information content (AvgIpc) is 3.09. The number of carbonyl (C=O) groups is 1. The summed E-state index contributed by atoms with van der Waals surface area (Å²) < 4.78 is 0.874. The van der Waals surface area contributed by atoms with Crippen molar-refractivity contribution in [1.82, 2.24) is 15.6 Å². The predicted molar refractivity (Wildman–Crippen MR) is 65.3 cm³/mol. The Kier molecular flexibility index (Phi) is 3.90. The Bertz CT molecular complexity index is 362. The number of halogens is 1. The van der Waals surface area contributed by atoms with Crippen LogP contribution in [0, 0.1) is 0 Å². The summed E-state index contributed by atoms with van der Waals surface area (Å²) in [5.74, 6) is -0.120. The summed E-state index contributed by atoms with van der Waals surface area (Å²) in [6, 6.07) is 4.20. The Balaban J connectivity index is 1.71. The number of amides is 1. The third kappa shape index (κ3) is 3.57. The SMILES string of the molecule is O=C(NCCNC1CC1)c1ccc(Br)cn1. The second-order valence-corrected chi connectivity index (χ2v) is 4.76. The summed E-state index contributed by atoms with van der Waals surface area (Å²) in [5.41, 5.74) is 0.453. The highest BCUT2D eigenvalue weighted by Crippen LogP contribution is 2.17. The molecule has 1 aliphatic rings. The molecule has 0 spiro atoms. The van der Waals surface area contributed by atoms with E-state index < -0.39 is 0 Å². The number of rotatable bonds is 5. The highest BCUT2D eigenvalue weighted by atomic mass is 79.9. The topological polar surface area (TPSA) is 54.0 Å². The monoisotopic (exact) mass is 283 g/mol. The van der Waals surface area contributed by atoms with E-state index in [0.717, 1.165) is 11.0 Å². The summed E-state index contributed by atoms with van der Waals surface area (Å²) in [6.07, 6.45) is 4.15. The fraction of sp³-hybridized carbons (Fsp3) is 0.455. The first-order chi connectivity index (χ1) is 7.75. The minimum Gasteiger partial charge on any atom is -0.349 e. The maximum Gasteiger partial charge on any atom is 0.269 e. The summed E-state index contributed by atoms with van der Waals surface area (Å²) in [7, 11) is 0. The van der Waals surface area contributed by atoms with Gasteiger partial charge >= 0.3 is 0 Å². The molecule has 2 rings (SSSR count). The van der Waals surface area contributed by atoms with Gasteiger partial charge in [0.25, 0.3) is 5.91 Å². The number of hydrogen-bond acceptors (Lipinski definition) is 3. The molecule has 16 heavy (non-hydrogen) atoms. The molecular formula is C11H14BrN3O. The standard InChI is InChI=1S/C11H14BrN3O/c12-8-1-4-10(15-7-8)11(16)14-6-5-13-9-2-3-9/h1,4,7,9,13H,2-3,5-6H2,(H,14,16). The lowest BCUT2D eigenvalue weighted by atomic mass is 10.3. The number of carbonyl (C=O) groups excluding carboxylic acids is 1. The zero-order valence-corrected chi connectivity index (χ0v) is 10.5. The molecule has 0 radical (unpaired) electrons. The zero-order chi connectivity index (χ0) is 11.4. The van der Waals surface area contributed by atoms with E-state index in [-0.39, 0.29) is 5.91 Å². The van der Waals surface area contributed by atoms with Gasteiger partial charge in [-0.2, -0.15) is 0 Å². The van der Waals surface area contributed by atoms with Crippen LogP contribution in [0.2, 0.25) is 0 Å². The first kappa shape index (κ1) is 11.5. The van der Waals surface area contributed by atoms with Crippen molar-refractivity contribution >= 4 is 21.8 Å². The third-order valence-electron chi connectivity index (χ3n) is 2.38. The van der Waals surface area contributed by atoms with Gasteiger partial charge in [-0.25, -0.2) is 4.98 Å². The van der Waals surface area contributed by atoms with Crippen molar-refractivity contribution < 1.29 is 4.79 Å². The summed E-state index contributed by atoms with van der Waals surface area (Å²) >= 11 is 3.28. The molecule has 0 bridgehead atoms. The minimum atomic E-state index is -0.120. The second kappa shape index (κ2) is 5.41. The van der Waals surface area contributed by atoms with E-state index in [4.69, 9.17) is 0 Å². The Morgan fingerprint density at radius 1 is 1.44 bits per heavy atom. The normalized spacial score (nSPS) is 14.8. The molecule has 5 heteroatoms. The molecule has 0 saturated heterocycles. The number of nitrogens with one attached hydrogen (secondary N) is 2. The highest BCUT2D eigenvalue weighted by Gasteiger charge is 2.19. The van der Waals surface area contributed by atoms with Crippen molar-refractivity contribution in [3.63, 3.8) is 0 Å². The summed E-state index contributed by atoms with van der Waals surface area (Å²) in [5, 5.41) is 6.15. The van der Waals surface area contributed by atoms with Crippen LogP contribution in [0.5, 0.6) is 0 Å². The van der Waals surface area contributed by atoms with E-state index >= 15 is 0 Å². The first-order valence-corrected chi connectivity index (χ1v) is 6.18. The average molecular weight is 284 g/mol. The van der Waals surface area contributed by atoms with Gasteiger partial charge in [0, 0.05) is 29.8 Å². The molecule has 1 aromatic rings. The Labute approximate surface area is 103 Å². The molecule has 1 amide bonds. The van der Waals surface area contributed by atoms with Crippen LogP contribution in [-0.4, -0.2) is 30.0 Å². The number of aromatic nitrogens is 1. The maximum atomic E-state index is 11.6. The van der Waals surface area contributed by atoms with Crippen LogP contribution >= 0.6 is 15.9 Å². The molecule has 4 nitrogen and oxygen atoms in total. The van der Waals surface area contributed by atoms with Crippen molar-refractivity contribution in [1.29, 1.82) is 0 Å². The van der Waals surface area contributed by atoms with Gasteiger partial charge < -0.3 is 10.6 Å². The van der Waals surface area contributed by atoms with Crippen molar-refractivity contribution in [3.05, 3.63) is 28.5 Å². The lowest BCUT2D eigenvalue weighted by molar-refractivity contribution is 0.0949. The van der Waals surface area contributed by atoms with Gasteiger partial charge in [-0.3, -0.25) is 4.79 Å². The van der Waals surface area contributed by atoms with Crippen LogP contribution < -0.4 is 10.6 Å². The van der Waals surface area contributed by atoms with Crippen molar-refractivity contribution in [2.75, 3.05) is 13.1 Å². The van der Waals surface area contributed by atoms with E-state index in [1.165, 1.54) is 12.8 Å². The van der Waals surface area contributed by atoms with Crippen LogP contribution in [0.4, 0.5) is 0 Å². The van der Waals surface area contributed by atoms with E-state index in [1.54, 1.807) is 12.3 Å². The summed E-state index contributed by atoms with van der Waals surface area (Å²) in [6.45, 7) is 1.47. The van der Waals surface area contributed by atoms with Gasteiger partial charge in [0.1, 0.15) is 5.69 Å². The van der Waals surface area contributed by atoms with Crippen LogP contribution in [0.25, 0.3) is 0 Å². The lowest BCUT2D eigenvalue weighted by Crippen LogP contribution is -2.33. The minimum absolute atomic E-state index is 0.120. The Morgan fingerprint density at radius 3 is 2.88 bits per heavy atom. The fourth-order valence-electron chi connectivity index (χ4n) is 1.34. The lowest BCUT2D eigenvalue weighted by Gasteiger charge is -2.05. The van der Waals surface area contributed by atoms with E-state index in [9.17, 15) is 4.79 Å². The molecule has 0 unspecified atom stereocenters. The number of hydrogen-bond donors (Lipinski definition) is 2. The predicted octanol–water partition coefficient (Wildman–Crippen LogP) is 1.33. The van der Waals surface area contributed by atoms with Crippen molar-refractivity contribution in [2.45, 2.75) is 18.9 Å². The van der Waals surface area contributed by atoms with Gasteiger partial charge in [-0.15, -0.1) is 0 Å². The van der Waals surface area contributed by atoms with Crippen molar-refractivity contribution in [2.24, 2.45) is 0 Å². The van der Waals surface area contributed by atoms with Crippen LogP contribution in [-0.2, 0) is 0 Å². The van der Waals surface area contributed by atoms with Gasteiger partial charge in [0.15, 0.2) is 0 Å². The van der Waals surface area contributed by atoms with E-state index in [2.05, 4.69) is 31.5 Å². The Hall–Kier alpha value is -0.940. The molecule has 2 N–H and O–H groups in total. The zero-order valence-electron chi connectivity index (χ0n) is 8.87. The smallest absolute Gasteiger partial charge is 0.269 e.